The van der Waals surface area contributed by atoms with Crippen LogP contribution in [0.15, 0.2) is 47.4 Å². The van der Waals surface area contributed by atoms with Crippen LogP contribution in [0.5, 0.6) is 11.5 Å². The Balaban J connectivity index is 1.62. The van der Waals surface area contributed by atoms with Gasteiger partial charge >= 0.3 is 0 Å². The second kappa shape index (κ2) is 11.5. The molecule has 10 heteroatoms. The average molecular weight is 473 g/mol. The fourth-order valence-electron chi connectivity index (χ4n) is 2.82. The van der Waals surface area contributed by atoms with E-state index in [1.165, 1.54) is 30.2 Å². The van der Waals surface area contributed by atoms with Gasteiger partial charge in [-0.3, -0.25) is 14.9 Å². The zero-order chi connectivity index (χ0) is 22.9. The molecule has 0 aliphatic heterocycles. The third-order valence-corrected chi connectivity index (χ3v) is 6.28. The summed E-state index contributed by atoms with van der Waals surface area (Å²) in [6, 6.07) is 12.3. The van der Waals surface area contributed by atoms with Crippen molar-refractivity contribution in [3.05, 3.63) is 53.0 Å². The largest absolute Gasteiger partial charge is 0.493 e. The Bertz CT molecular complexity index is 1090. The normalized spacial score (nSPS) is 10.5. The van der Waals surface area contributed by atoms with Crippen molar-refractivity contribution in [3.8, 4) is 11.5 Å². The monoisotopic (exact) mass is 472 g/mol. The Morgan fingerprint density at radius 3 is 2.56 bits per heavy atom. The van der Waals surface area contributed by atoms with Gasteiger partial charge in [0.1, 0.15) is 5.01 Å². The third-order valence-electron chi connectivity index (χ3n) is 4.31. The maximum atomic E-state index is 12.8. The molecule has 0 unspecified atom stereocenters. The van der Waals surface area contributed by atoms with Gasteiger partial charge in [-0.25, -0.2) is 0 Å². The number of methoxy groups -OCH3 is 2. The number of ether oxygens (including phenoxy) is 2. The van der Waals surface area contributed by atoms with Crippen LogP contribution >= 0.6 is 23.1 Å². The Morgan fingerprint density at radius 2 is 1.81 bits per heavy atom. The number of amides is 2. The number of aromatic nitrogens is 2. The van der Waals surface area contributed by atoms with Crippen molar-refractivity contribution in [1.82, 2.24) is 10.2 Å². The number of thioether (sulfide) groups is 1. The van der Waals surface area contributed by atoms with E-state index >= 15 is 0 Å². The molecule has 32 heavy (non-hydrogen) atoms. The van der Waals surface area contributed by atoms with E-state index in [-0.39, 0.29) is 17.6 Å². The summed E-state index contributed by atoms with van der Waals surface area (Å²) in [6.07, 6.45) is 1.79. The molecule has 2 amide bonds. The van der Waals surface area contributed by atoms with E-state index in [9.17, 15) is 9.59 Å². The lowest BCUT2D eigenvalue weighted by Gasteiger charge is -2.11. The lowest BCUT2D eigenvalue weighted by atomic mass is 10.2. The number of carbonyl (C=O) groups excluding carboxylic acids is 2. The molecule has 0 atom stereocenters. The molecule has 0 bridgehead atoms. The van der Waals surface area contributed by atoms with Crippen molar-refractivity contribution >= 4 is 45.7 Å². The topological polar surface area (TPSA) is 102 Å². The predicted molar refractivity (Wildman–Crippen MR) is 127 cm³/mol. The minimum Gasteiger partial charge on any atom is -0.493 e. The van der Waals surface area contributed by atoms with E-state index in [0.29, 0.717) is 32.8 Å². The van der Waals surface area contributed by atoms with Crippen LogP contribution in [0.4, 0.5) is 10.8 Å². The average Bonchev–Trinajstić information content (AvgIpc) is 3.24. The van der Waals surface area contributed by atoms with Crippen molar-refractivity contribution in [2.45, 2.75) is 24.7 Å². The number of carbonyl (C=O) groups is 2. The minimum atomic E-state index is -0.285. The van der Waals surface area contributed by atoms with Crippen LogP contribution in [-0.4, -0.2) is 42.0 Å². The SMILES string of the molecule is CCCc1nnc(NC(=O)c2ccccc2SCC(=O)Nc2ccc(OC)c(OC)c2)s1. The Labute approximate surface area is 194 Å². The van der Waals surface area contributed by atoms with Crippen LogP contribution in [0.25, 0.3) is 0 Å². The van der Waals surface area contributed by atoms with Gasteiger partial charge in [-0.15, -0.1) is 22.0 Å². The first kappa shape index (κ1) is 23.6. The van der Waals surface area contributed by atoms with Gasteiger partial charge in [0.25, 0.3) is 5.91 Å². The summed E-state index contributed by atoms with van der Waals surface area (Å²) in [7, 11) is 3.09. The van der Waals surface area contributed by atoms with Gasteiger partial charge in [-0.1, -0.05) is 30.4 Å². The summed E-state index contributed by atoms with van der Waals surface area (Å²) < 4.78 is 10.5. The fourth-order valence-corrected chi connectivity index (χ4v) is 4.50. The molecule has 0 spiro atoms. The smallest absolute Gasteiger partial charge is 0.258 e. The van der Waals surface area contributed by atoms with Crippen LogP contribution in [0.1, 0.15) is 28.7 Å². The maximum Gasteiger partial charge on any atom is 0.258 e. The summed E-state index contributed by atoms with van der Waals surface area (Å²) in [6.45, 7) is 2.06. The summed E-state index contributed by atoms with van der Waals surface area (Å²) in [5, 5.41) is 15.1. The van der Waals surface area contributed by atoms with Crippen molar-refractivity contribution in [2.24, 2.45) is 0 Å². The minimum absolute atomic E-state index is 0.137. The molecule has 0 saturated carbocycles. The van der Waals surface area contributed by atoms with Gasteiger partial charge < -0.3 is 14.8 Å². The zero-order valence-corrected chi connectivity index (χ0v) is 19.6. The predicted octanol–water partition coefficient (Wildman–Crippen LogP) is 4.49. The Kier molecular flexibility index (Phi) is 8.46. The standard InChI is InChI=1S/C22H24N4O4S2/c1-4-7-20-25-26-22(32-20)24-21(28)15-8-5-6-9-18(15)31-13-19(27)23-14-10-11-16(29-2)17(12-14)30-3/h5-6,8-12H,4,7,13H2,1-3H3,(H,23,27)(H,24,26,28). The summed E-state index contributed by atoms with van der Waals surface area (Å²) in [5.41, 5.74) is 1.07. The first-order valence-corrected chi connectivity index (χ1v) is 11.7. The molecular formula is C22H24N4O4S2. The van der Waals surface area contributed by atoms with Gasteiger partial charge in [-0.05, 0) is 30.7 Å². The highest BCUT2D eigenvalue weighted by molar-refractivity contribution is 8.00. The number of benzene rings is 2. The van der Waals surface area contributed by atoms with Crippen molar-refractivity contribution in [1.29, 1.82) is 0 Å². The van der Waals surface area contributed by atoms with E-state index in [4.69, 9.17) is 9.47 Å². The second-order valence-electron chi connectivity index (χ2n) is 6.61. The van der Waals surface area contributed by atoms with E-state index in [2.05, 4.69) is 27.8 Å². The molecule has 0 saturated heterocycles. The Morgan fingerprint density at radius 1 is 1.03 bits per heavy atom. The van der Waals surface area contributed by atoms with Crippen LogP contribution in [-0.2, 0) is 11.2 Å². The molecule has 2 aromatic carbocycles. The Hall–Kier alpha value is -3.11. The number of hydrogen-bond donors (Lipinski definition) is 2. The molecule has 2 N–H and O–H groups in total. The second-order valence-corrected chi connectivity index (χ2v) is 8.69. The highest BCUT2D eigenvalue weighted by Gasteiger charge is 2.15. The molecule has 168 valence electrons. The van der Waals surface area contributed by atoms with Crippen molar-refractivity contribution in [2.75, 3.05) is 30.6 Å². The molecule has 0 aliphatic rings. The summed E-state index contributed by atoms with van der Waals surface area (Å²) in [4.78, 5) is 25.9. The highest BCUT2D eigenvalue weighted by Crippen LogP contribution is 2.30. The molecule has 0 radical (unpaired) electrons. The molecule has 0 aliphatic carbocycles. The number of anilines is 2. The van der Waals surface area contributed by atoms with E-state index in [1.807, 2.05) is 12.1 Å². The van der Waals surface area contributed by atoms with Crippen molar-refractivity contribution < 1.29 is 19.1 Å². The molecule has 3 rings (SSSR count). The molecule has 8 nitrogen and oxygen atoms in total. The molecule has 1 heterocycles. The molecule has 0 fully saturated rings. The van der Waals surface area contributed by atoms with E-state index < -0.39 is 0 Å². The number of nitrogens with one attached hydrogen (secondary N) is 2. The lowest BCUT2D eigenvalue weighted by Crippen LogP contribution is -2.16. The highest BCUT2D eigenvalue weighted by atomic mass is 32.2. The number of rotatable bonds is 10. The van der Waals surface area contributed by atoms with Gasteiger partial charge in [0.15, 0.2) is 11.5 Å². The number of nitrogens with zero attached hydrogens (tertiary/aromatic N) is 2. The van der Waals surface area contributed by atoms with Crippen LogP contribution < -0.4 is 20.1 Å². The zero-order valence-electron chi connectivity index (χ0n) is 18.0. The quantitative estimate of drug-likeness (QED) is 0.419. The van der Waals surface area contributed by atoms with Gasteiger partial charge in [0.2, 0.25) is 11.0 Å². The first-order chi connectivity index (χ1) is 15.5. The van der Waals surface area contributed by atoms with Crippen LogP contribution in [0.3, 0.4) is 0 Å². The van der Waals surface area contributed by atoms with Crippen LogP contribution in [0, 0.1) is 0 Å². The lowest BCUT2D eigenvalue weighted by molar-refractivity contribution is -0.113. The van der Waals surface area contributed by atoms with E-state index in [0.717, 1.165) is 17.8 Å². The number of aryl methyl sites for hydroxylation is 1. The van der Waals surface area contributed by atoms with Gasteiger partial charge in [0, 0.05) is 23.1 Å². The fraction of sp³-hybridized carbons (Fsp3) is 0.273. The summed E-state index contributed by atoms with van der Waals surface area (Å²) in [5.74, 6) is 0.757. The maximum absolute atomic E-state index is 12.8. The first-order valence-electron chi connectivity index (χ1n) is 9.91. The van der Waals surface area contributed by atoms with E-state index in [1.54, 1.807) is 37.4 Å². The molecule has 1 aromatic heterocycles. The van der Waals surface area contributed by atoms with Crippen LogP contribution in [0.2, 0.25) is 0 Å². The number of hydrogen-bond acceptors (Lipinski definition) is 8. The van der Waals surface area contributed by atoms with Gasteiger partial charge in [-0.2, -0.15) is 0 Å². The molecular weight excluding hydrogens is 448 g/mol. The van der Waals surface area contributed by atoms with Gasteiger partial charge in [0.05, 0.1) is 25.5 Å². The summed E-state index contributed by atoms with van der Waals surface area (Å²) >= 11 is 2.65. The van der Waals surface area contributed by atoms with Crippen molar-refractivity contribution in [3.63, 3.8) is 0 Å². The third kappa shape index (κ3) is 6.21. The molecule has 3 aromatic rings.